The molecule has 0 atom stereocenters. The van der Waals surface area contributed by atoms with E-state index in [9.17, 15) is 4.79 Å². The van der Waals surface area contributed by atoms with Gasteiger partial charge in [-0.05, 0) is 43.5 Å². The molecular weight excluding hydrogens is 384 g/mol. The van der Waals surface area contributed by atoms with E-state index in [0.717, 1.165) is 32.4 Å². The summed E-state index contributed by atoms with van der Waals surface area (Å²) < 4.78 is 0.944. The van der Waals surface area contributed by atoms with Gasteiger partial charge in [-0.15, -0.1) is 11.3 Å². The van der Waals surface area contributed by atoms with E-state index in [-0.39, 0.29) is 5.91 Å². The molecule has 3 rings (SSSR count). The van der Waals surface area contributed by atoms with Gasteiger partial charge in [-0.25, -0.2) is 4.98 Å². The Morgan fingerprint density at radius 3 is 2.50 bits per heavy atom. The number of rotatable bonds is 3. The number of anilines is 1. The summed E-state index contributed by atoms with van der Waals surface area (Å²) >= 11 is 4.96. The first kappa shape index (κ1) is 16.9. The molecule has 5 heteroatoms. The third-order valence-electron chi connectivity index (χ3n) is 4.20. The number of hydrogen-bond acceptors (Lipinski definition) is 3. The highest BCUT2D eigenvalue weighted by atomic mass is 79.9. The first-order valence-electron chi connectivity index (χ1n) is 7.56. The molecule has 1 heterocycles. The number of aromatic nitrogens is 1. The molecule has 0 fully saturated rings. The van der Waals surface area contributed by atoms with E-state index in [1.54, 1.807) is 0 Å². The summed E-state index contributed by atoms with van der Waals surface area (Å²) in [7, 11) is 0. The minimum Gasteiger partial charge on any atom is -0.298 e. The molecule has 1 aromatic heterocycles. The van der Waals surface area contributed by atoms with Gasteiger partial charge in [0.15, 0.2) is 5.13 Å². The molecule has 0 unspecified atom stereocenters. The molecule has 3 nitrogen and oxygen atoms in total. The number of carbonyl (C=O) groups excluding carboxylic acids is 1. The van der Waals surface area contributed by atoms with Crippen LogP contribution < -0.4 is 5.32 Å². The first-order chi connectivity index (χ1) is 11.5. The molecule has 2 aromatic carbocycles. The lowest BCUT2D eigenvalue weighted by Crippen LogP contribution is -2.14. The van der Waals surface area contributed by atoms with Crippen molar-refractivity contribution < 1.29 is 4.79 Å². The van der Waals surface area contributed by atoms with Crippen molar-refractivity contribution in [3.8, 4) is 11.3 Å². The highest BCUT2D eigenvalue weighted by molar-refractivity contribution is 9.10. The molecule has 0 aliphatic heterocycles. The summed E-state index contributed by atoms with van der Waals surface area (Å²) in [6.07, 6.45) is 0. The average Bonchev–Trinajstić information content (AvgIpc) is 3.05. The van der Waals surface area contributed by atoms with Crippen LogP contribution in [0.4, 0.5) is 5.13 Å². The smallest absolute Gasteiger partial charge is 0.257 e. The van der Waals surface area contributed by atoms with E-state index >= 15 is 0 Å². The minimum atomic E-state index is -0.134. The zero-order valence-corrected chi connectivity index (χ0v) is 16.1. The van der Waals surface area contributed by atoms with Crippen molar-refractivity contribution in [2.45, 2.75) is 20.8 Å². The molecule has 24 heavy (non-hydrogen) atoms. The van der Waals surface area contributed by atoms with Gasteiger partial charge >= 0.3 is 0 Å². The Kier molecular flexibility index (Phi) is 4.83. The van der Waals surface area contributed by atoms with Crippen molar-refractivity contribution >= 4 is 38.3 Å². The Hall–Kier alpha value is -1.98. The van der Waals surface area contributed by atoms with E-state index in [1.165, 1.54) is 11.3 Å². The van der Waals surface area contributed by atoms with Gasteiger partial charge in [-0.3, -0.25) is 10.1 Å². The van der Waals surface area contributed by atoms with Crippen molar-refractivity contribution in [2.24, 2.45) is 0 Å². The zero-order valence-electron chi connectivity index (χ0n) is 13.7. The van der Waals surface area contributed by atoms with Crippen LogP contribution in [0.1, 0.15) is 27.0 Å². The number of nitrogens with one attached hydrogen (secondary N) is 1. The number of nitrogens with zero attached hydrogens (tertiary/aromatic N) is 1. The maximum atomic E-state index is 12.6. The van der Waals surface area contributed by atoms with Crippen molar-refractivity contribution in [3.63, 3.8) is 0 Å². The number of halogens is 1. The molecule has 122 valence electrons. The van der Waals surface area contributed by atoms with Crippen molar-refractivity contribution in [3.05, 3.63) is 68.5 Å². The summed E-state index contributed by atoms with van der Waals surface area (Å²) in [5, 5.41) is 5.47. The summed E-state index contributed by atoms with van der Waals surface area (Å²) in [5.74, 6) is -0.134. The summed E-state index contributed by atoms with van der Waals surface area (Å²) in [6.45, 7) is 6.05. The van der Waals surface area contributed by atoms with Gasteiger partial charge in [0.2, 0.25) is 0 Å². The Balaban J connectivity index is 1.85. The minimum absolute atomic E-state index is 0.134. The van der Waals surface area contributed by atoms with E-state index in [4.69, 9.17) is 0 Å². The highest BCUT2D eigenvalue weighted by Crippen LogP contribution is 2.28. The normalized spacial score (nSPS) is 10.7. The Morgan fingerprint density at radius 2 is 1.79 bits per heavy atom. The molecule has 3 aromatic rings. The van der Waals surface area contributed by atoms with Gasteiger partial charge in [0.05, 0.1) is 5.69 Å². The molecule has 0 aliphatic rings. The van der Waals surface area contributed by atoms with Crippen LogP contribution in [-0.4, -0.2) is 10.9 Å². The third kappa shape index (κ3) is 3.28. The fourth-order valence-electron chi connectivity index (χ4n) is 2.48. The lowest BCUT2D eigenvalue weighted by molar-refractivity contribution is 0.102. The van der Waals surface area contributed by atoms with Crippen LogP contribution in [0.15, 0.2) is 46.3 Å². The summed E-state index contributed by atoms with van der Waals surface area (Å²) in [5.41, 5.74) is 5.85. The molecule has 1 N–H and O–H groups in total. The third-order valence-corrected chi connectivity index (χ3v) is 5.78. The second-order valence-electron chi connectivity index (χ2n) is 5.64. The predicted molar refractivity (Wildman–Crippen MR) is 104 cm³/mol. The van der Waals surface area contributed by atoms with Crippen LogP contribution in [0, 0.1) is 20.8 Å². The number of amides is 1. The van der Waals surface area contributed by atoms with E-state index in [0.29, 0.717) is 10.7 Å². The fourth-order valence-corrected chi connectivity index (χ4v) is 3.72. The highest BCUT2D eigenvalue weighted by Gasteiger charge is 2.16. The number of hydrogen-bond donors (Lipinski definition) is 1. The number of thiazole rings is 1. The SMILES string of the molecule is Cc1c(Br)cc(C(=O)Nc2nc(-c3ccccc3)cs2)c(C)c1C. The quantitative estimate of drug-likeness (QED) is 0.607. The Morgan fingerprint density at radius 1 is 1.08 bits per heavy atom. The largest absolute Gasteiger partial charge is 0.298 e. The lowest BCUT2D eigenvalue weighted by atomic mass is 9.98. The van der Waals surface area contributed by atoms with Crippen LogP contribution in [0.3, 0.4) is 0 Å². The maximum Gasteiger partial charge on any atom is 0.257 e. The van der Waals surface area contributed by atoms with E-state index in [1.807, 2.05) is 62.5 Å². The Bertz CT molecular complexity index is 903. The van der Waals surface area contributed by atoms with Gasteiger partial charge in [0.1, 0.15) is 0 Å². The van der Waals surface area contributed by atoms with Gasteiger partial charge in [0.25, 0.3) is 5.91 Å². The van der Waals surface area contributed by atoms with Gasteiger partial charge in [0, 0.05) is 21.0 Å². The molecule has 0 saturated carbocycles. The van der Waals surface area contributed by atoms with Crippen LogP contribution in [-0.2, 0) is 0 Å². The second-order valence-corrected chi connectivity index (χ2v) is 7.35. The predicted octanol–water partition coefficient (Wildman–Crippen LogP) is 5.75. The van der Waals surface area contributed by atoms with Crippen molar-refractivity contribution in [2.75, 3.05) is 5.32 Å². The van der Waals surface area contributed by atoms with Gasteiger partial charge < -0.3 is 0 Å². The topological polar surface area (TPSA) is 42.0 Å². The van der Waals surface area contributed by atoms with Gasteiger partial charge in [-0.1, -0.05) is 46.3 Å². The van der Waals surface area contributed by atoms with Crippen LogP contribution in [0.2, 0.25) is 0 Å². The molecule has 0 saturated heterocycles. The standard InChI is InChI=1S/C19H17BrN2OS/c1-11-12(2)15(9-16(20)13(11)3)18(23)22-19-21-17(10-24-19)14-7-5-4-6-8-14/h4-10H,1-3H3,(H,21,22,23). The molecule has 0 spiro atoms. The molecule has 0 aliphatic carbocycles. The van der Waals surface area contributed by atoms with Crippen LogP contribution in [0.25, 0.3) is 11.3 Å². The first-order valence-corrected chi connectivity index (χ1v) is 9.23. The fraction of sp³-hybridized carbons (Fsp3) is 0.158. The van der Waals surface area contributed by atoms with Crippen LogP contribution >= 0.6 is 27.3 Å². The van der Waals surface area contributed by atoms with Crippen molar-refractivity contribution in [1.29, 1.82) is 0 Å². The monoisotopic (exact) mass is 400 g/mol. The zero-order chi connectivity index (χ0) is 17.3. The van der Waals surface area contributed by atoms with Crippen molar-refractivity contribution in [1.82, 2.24) is 4.98 Å². The Labute approximate surface area is 153 Å². The van der Waals surface area contributed by atoms with Crippen LogP contribution in [0.5, 0.6) is 0 Å². The van der Waals surface area contributed by atoms with E-state index in [2.05, 4.69) is 26.2 Å². The molecule has 1 amide bonds. The molecule has 0 radical (unpaired) electrons. The summed E-state index contributed by atoms with van der Waals surface area (Å²) in [6, 6.07) is 11.8. The summed E-state index contributed by atoms with van der Waals surface area (Å²) in [4.78, 5) is 17.1. The van der Waals surface area contributed by atoms with E-state index < -0.39 is 0 Å². The second kappa shape index (κ2) is 6.87. The van der Waals surface area contributed by atoms with Gasteiger partial charge in [-0.2, -0.15) is 0 Å². The maximum absolute atomic E-state index is 12.6. The lowest BCUT2D eigenvalue weighted by Gasteiger charge is -2.12. The average molecular weight is 401 g/mol. The number of carbonyl (C=O) groups is 1. The number of benzene rings is 2. The molecule has 0 bridgehead atoms. The molecular formula is C19H17BrN2OS.